The molecule has 3 aromatic rings. The number of hydrogen-bond donors (Lipinski definition) is 2. The summed E-state index contributed by atoms with van der Waals surface area (Å²) in [5, 5.41) is 2.58. The molecule has 0 radical (unpaired) electrons. The average Bonchev–Trinajstić information content (AvgIpc) is 2.71. The van der Waals surface area contributed by atoms with Crippen LogP contribution in [0, 0.1) is 0 Å². The Balaban J connectivity index is 1.50. The third kappa shape index (κ3) is 5.12. The number of carbonyl (C=O) groups excluding carboxylic acids is 2. The highest BCUT2D eigenvalue weighted by Crippen LogP contribution is 2.32. The van der Waals surface area contributed by atoms with Crippen LogP contribution in [0.1, 0.15) is 5.56 Å². The Kier molecular flexibility index (Phi) is 6.68. The van der Waals surface area contributed by atoms with Crippen LogP contribution in [0.25, 0.3) is 16.8 Å². The molecular weight excluding hydrogens is 444 g/mol. The van der Waals surface area contributed by atoms with Gasteiger partial charge in [0.05, 0.1) is 4.47 Å². The van der Waals surface area contributed by atoms with Crippen molar-refractivity contribution in [2.45, 2.75) is 0 Å². The van der Waals surface area contributed by atoms with Crippen molar-refractivity contribution in [1.82, 2.24) is 10.9 Å². The molecule has 0 spiro atoms. The highest BCUT2D eigenvalue weighted by atomic mass is 79.9. The second-order valence-electron chi connectivity index (χ2n) is 5.78. The number of hydrogen-bond acceptors (Lipinski definition) is 3. The van der Waals surface area contributed by atoms with Crippen molar-refractivity contribution in [1.29, 1.82) is 0 Å². The van der Waals surface area contributed by atoms with Crippen molar-refractivity contribution in [3.05, 3.63) is 81.8 Å². The van der Waals surface area contributed by atoms with Gasteiger partial charge in [-0.2, -0.15) is 0 Å². The van der Waals surface area contributed by atoms with Gasteiger partial charge in [-0.25, -0.2) is 0 Å². The Labute approximate surface area is 175 Å². The first-order chi connectivity index (χ1) is 13.5. The highest BCUT2D eigenvalue weighted by Gasteiger charge is 2.09. The molecular formula is C21H16BrClN2O3. The van der Waals surface area contributed by atoms with E-state index in [4.69, 9.17) is 16.3 Å². The molecule has 0 atom stereocenters. The van der Waals surface area contributed by atoms with Crippen LogP contribution in [0.5, 0.6) is 5.75 Å². The van der Waals surface area contributed by atoms with E-state index in [9.17, 15) is 9.59 Å². The summed E-state index contributed by atoms with van der Waals surface area (Å²) in [6.45, 7) is -0.245. The first kappa shape index (κ1) is 19.9. The van der Waals surface area contributed by atoms with Crippen molar-refractivity contribution in [2.75, 3.05) is 6.61 Å². The highest BCUT2D eigenvalue weighted by molar-refractivity contribution is 9.10. The summed E-state index contributed by atoms with van der Waals surface area (Å²) in [5.41, 5.74) is 5.29. The summed E-state index contributed by atoms with van der Waals surface area (Å²) >= 11 is 9.51. The number of amides is 2. The van der Waals surface area contributed by atoms with Gasteiger partial charge in [-0.3, -0.25) is 20.4 Å². The lowest BCUT2D eigenvalue weighted by Gasteiger charge is -2.10. The maximum Gasteiger partial charge on any atom is 0.276 e. The number of carbonyl (C=O) groups is 2. The first-order valence-corrected chi connectivity index (χ1v) is 9.53. The maximum atomic E-state index is 11.9. The predicted octanol–water partition coefficient (Wildman–Crippen LogP) is 4.50. The molecule has 2 amide bonds. The second kappa shape index (κ2) is 9.39. The Morgan fingerprint density at radius 3 is 2.57 bits per heavy atom. The molecule has 3 aromatic carbocycles. The minimum absolute atomic E-state index is 0.245. The van der Waals surface area contributed by atoms with E-state index in [0.29, 0.717) is 16.3 Å². The van der Waals surface area contributed by atoms with E-state index in [0.717, 1.165) is 15.2 Å². The molecule has 0 heterocycles. The SMILES string of the molecule is O=C(C=Cc1ccccc1Cl)NNC(=O)COc1ccc2ccccc2c1Br. The van der Waals surface area contributed by atoms with Gasteiger partial charge in [0.15, 0.2) is 6.61 Å². The van der Waals surface area contributed by atoms with Gasteiger partial charge in [0, 0.05) is 11.1 Å². The molecule has 0 aromatic heterocycles. The van der Waals surface area contributed by atoms with Crippen LogP contribution in [0.4, 0.5) is 0 Å². The molecule has 28 heavy (non-hydrogen) atoms. The lowest BCUT2D eigenvalue weighted by molar-refractivity contribution is -0.128. The number of halogens is 2. The van der Waals surface area contributed by atoms with Crippen molar-refractivity contribution in [3.8, 4) is 5.75 Å². The summed E-state index contributed by atoms with van der Waals surface area (Å²) in [6, 6.07) is 18.6. The van der Waals surface area contributed by atoms with Gasteiger partial charge < -0.3 is 4.74 Å². The first-order valence-electron chi connectivity index (χ1n) is 8.36. The summed E-state index contributed by atoms with van der Waals surface area (Å²) in [7, 11) is 0. The lowest BCUT2D eigenvalue weighted by Crippen LogP contribution is -2.43. The van der Waals surface area contributed by atoms with Crippen LogP contribution in [-0.4, -0.2) is 18.4 Å². The van der Waals surface area contributed by atoms with Crippen LogP contribution in [0.2, 0.25) is 5.02 Å². The minimum atomic E-state index is -0.487. The van der Waals surface area contributed by atoms with Crippen LogP contribution < -0.4 is 15.6 Å². The van der Waals surface area contributed by atoms with Gasteiger partial charge >= 0.3 is 0 Å². The number of rotatable bonds is 5. The summed E-state index contributed by atoms with van der Waals surface area (Å²) in [5.74, 6) is -0.432. The van der Waals surface area contributed by atoms with E-state index in [1.165, 1.54) is 6.08 Å². The van der Waals surface area contributed by atoms with Gasteiger partial charge in [-0.1, -0.05) is 60.1 Å². The normalized spacial score (nSPS) is 10.8. The lowest BCUT2D eigenvalue weighted by atomic mass is 10.1. The molecule has 0 aliphatic carbocycles. The zero-order valence-electron chi connectivity index (χ0n) is 14.6. The second-order valence-corrected chi connectivity index (χ2v) is 6.98. The van der Waals surface area contributed by atoms with E-state index in [2.05, 4.69) is 26.8 Å². The monoisotopic (exact) mass is 458 g/mol. The standard InChI is InChI=1S/C21H16BrClN2O3/c22-21-16-7-3-1-5-14(16)9-11-18(21)28-13-20(27)25-24-19(26)12-10-15-6-2-4-8-17(15)23/h1-12H,13H2,(H,24,26)(H,25,27). The molecule has 2 N–H and O–H groups in total. The Morgan fingerprint density at radius 2 is 1.75 bits per heavy atom. The van der Waals surface area contributed by atoms with E-state index in [-0.39, 0.29) is 6.61 Å². The molecule has 0 saturated heterocycles. The van der Waals surface area contributed by atoms with Crippen LogP contribution >= 0.6 is 27.5 Å². The zero-order chi connectivity index (χ0) is 19.9. The quantitative estimate of drug-likeness (QED) is 0.436. The number of ether oxygens (including phenoxy) is 1. The largest absolute Gasteiger partial charge is 0.483 e. The zero-order valence-corrected chi connectivity index (χ0v) is 17.0. The fourth-order valence-electron chi connectivity index (χ4n) is 2.45. The van der Waals surface area contributed by atoms with E-state index in [1.54, 1.807) is 30.3 Å². The summed E-state index contributed by atoms with van der Waals surface area (Å²) in [4.78, 5) is 23.7. The molecule has 0 bridgehead atoms. The van der Waals surface area contributed by atoms with Gasteiger partial charge in [-0.15, -0.1) is 0 Å². The van der Waals surface area contributed by atoms with Gasteiger partial charge in [0.1, 0.15) is 5.75 Å². The number of hydrazine groups is 1. The summed E-state index contributed by atoms with van der Waals surface area (Å²) in [6.07, 6.45) is 2.84. The Bertz CT molecular complexity index is 1050. The molecule has 142 valence electrons. The number of benzene rings is 3. The van der Waals surface area contributed by atoms with Crippen LogP contribution in [0.3, 0.4) is 0 Å². The molecule has 7 heteroatoms. The van der Waals surface area contributed by atoms with Gasteiger partial charge in [0.25, 0.3) is 11.8 Å². The summed E-state index contributed by atoms with van der Waals surface area (Å²) < 4.78 is 6.31. The predicted molar refractivity (Wildman–Crippen MR) is 114 cm³/mol. The maximum absolute atomic E-state index is 11.9. The fourth-order valence-corrected chi connectivity index (χ4v) is 3.26. The van der Waals surface area contributed by atoms with Crippen molar-refractivity contribution < 1.29 is 14.3 Å². The minimum Gasteiger partial charge on any atom is -0.483 e. The molecule has 0 fully saturated rings. The molecule has 0 aliphatic rings. The Morgan fingerprint density at radius 1 is 1.00 bits per heavy atom. The Hall–Kier alpha value is -2.83. The fraction of sp³-hybridized carbons (Fsp3) is 0.0476. The third-order valence-electron chi connectivity index (χ3n) is 3.83. The van der Waals surface area contributed by atoms with Crippen molar-refractivity contribution in [3.63, 3.8) is 0 Å². The van der Waals surface area contributed by atoms with E-state index < -0.39 is 11.8 Å². The number of fused-ring (bicyclic) bond motifs is 1. The number of nitrogens with one attached hydrogen (secondary N) is 2. The topological polar surface area (TPSA) is 67.4 Å². The van der Waals surface area contributed by atoms with Crippen molar-refractivity contribution in [2.24, 2.45) is 0 Å². The molecule has 5 nitrogen and oxygen atoms in total. The van der Waals surface area contributed by atoms with Crippen LogP contribution in [0.15, 0.2) is 71.2 Å². The van der Waals surface area contributed by atoms with Gasteiger partial charge in [-0.05, 0) is 50.5 Å². The molecule has 3 rings (SSSR count). The van der Waals surface area contributed by atoms with E-state index in [1.807, 2.05) is 36.4 Å². The van der Waals surface area contributed by atoms with Crippen molar-refractivity contribution >= 4 is 56.2 Å². The molecule has 0 saturated carbocycles. The smallest absolute Gasteiger partial charge is 0.276 e. The average molecular weight is 460 g/mol. The molecule has 0 aliphatic heterocycles. The van der Waals surface area contributed by atoms with Gasteiger partial charge in [0.2, 0.25) is 0 Å². The van der Waals surface area contributed by atoms with Crippen LogP contribution in [-0.2, 0) is 9.59 Å². The van der Waals surface area contributed by atoms with E-state index >= 15 is 0 Å². The molecule has 0 unspecified atom stereocenters. The third-order valence-corrected chi connectivity index (χ3v) is 4.99.